The molecule has 0 atom stereocenters. The van der Waals surface area contributed by atoms with Crippen molar-refractivity contribution in [2.75, 3.05) is 31.1 Å². The lowest BCUT2D eigenvalue weighted by atomic mass is 9.99. The van der Waals surface area contributed by atoms with Gasteiger partial charge in [0, 0.05) is 26.2 Å². The first-order chi connectivity index (χ1) is 11.1. The molecule has 0 aliphatic carbocycles. The van der Waals surface area contributed by atoms with Crippen LogP contribution in [0.3, 0.4) is 0 Å². The molecule has 1 aromatic carbocycles. The van der Waals surface area contributed by atoms with Crippen LogP contribution < -0.4 is 4.90 Å². The minimum absolute atomic E-state index is 0.0463. The van der Waals surface area contributed by atoms with Crippen molar-refractivity contribution in [3.63, 3.8) is 0 Å². The number of aromatic nitrogens is 1. The van der Waals surface area contributed by atoms with E-state index in [2.05, 4.69) is 23.7 Å². The first-order valence-electron chi connectivity index (χ1n) is 8.22. The maximum absolute atomic E-state index is 13.7. The van der Waals surface area contributed by atoms with E-state index in [1.807, 2.05) is 11.0 Å². The van der Waals surface area contributed by atoms with Crippen molar-refractivity contribution >= 4 is 32.6 Å². The van der Waals surface area contributed by atoms with Crippen LogP contribution in [-0.2, 0) is 4.79 Å². The summed E-state index contributed by atoms with van der Waals surface area (Å²) < 4.78 is 14.6. The quantitative estimate of drug-likeness (QED) is 0.810. The monoisotopic (exact) mass is 335 g/mol. The number of hydrogen-bond acceptors (Lipinski definition) is 4. The lowest BCUT2D eigenvalue weighted by Gasteiger charge is -2.40. The Hall–Kier alpha value is -1.69. The summed E-state index contributed by atoms with van der Waals surface area (Å²) in [6.45, 7) is 7.22. The molecule has 0 radical (unpaired) electrons. The fourth-order valence-corrected chi connectivity index (χ4v) is 3.96. The van der Waals surface area contributed by atoms with Crippen molar-refractivity contribution in [3.8, 4) is 0 Å². The summed E-state index contributed by atoms with van der Waals surface area (Å²) >= 11 is 1.49. The highest BCUT2D eigenvalue weighted by atomic mass is 32.1. The molecule has 3 rings (SSSR count). The zero-order valence-electron chi connectivity index (χ0n) is 13.6. The van der Waals surface area contributed by atoms with Gasteiger partial charge in [0.25, 0.3) is 0 Å². The average molecular weight is 335 g/mol. The molecule has 0 spiro atoms. The zero-order chi connectivity index (χ0) is 16.4. The van der Waals surface area contributed by atoms with Crippen LogP contribution in [0.5, 0.6) is 0 Å². The summed E-state index contributed by atoms with van der Waals surface area (Å²) in [5.74, 6) is 0.0115. The number of halogens is 1. The van der Waals surface area contributed by atoms with E-state index in [1.54, 1.807) is 6.07 Å². The van der Waals surface area contributed by atoms with E-state index in [-0.39, 0.29) is 17.6 Å². The topological polar surface area (TPSA) is 36.4 Å². The SMILES string of the molecule is CCCN(CCC)C(=O)C1CN(c2nc3c(F)cccc3s2)C1. The third kappa shape index (κ3) is 3.17. The molecule has 0 unspecified atom stereocenters. The molecule has 1 amide bonds. The molecule has 1 saturated heterocycles. The predicted octanol–water partition coefficient (Wildman–Crippen LogP) is 3.52. The molecule has 1 fully saturated rings. The first-order valence-corrected chi connectivity index (χ1v) is 9.04. The standard InChI is InChI=1S/C17H22FN3OS/c1-3-8-20(9-4-2)16(22)12-10-21(11-12)17-19-15-13(18)6-5-7-14(15)23-17/h5-7,12H,3-4,8-11H2,1-2H3. The van der Waals surface area contributed by atoms with Gasteiger partial charge in [-0.2, -0.15) is 0 Å². The number of amides is 1. The molecule has 0 bridgehead atoms. The van der Waals surface area contributed by atoms with E-state index >= 15 is 0 Å². The van der Waals surface area contributed by atoms with Crippen LogP contribution in [0.15, 0.2) is 18.2 Å². The Bertz CT molecular complexity index is 690. The number of hydrogen-bond donors (Lipinski definition) is 0. The zero-order valence-corrected chi connectivity index (χ0v) is 14.4. The number of thiazole rings is 1. The first kappa shape index (κ1) is 16.2. The van der Waals surface area contributed by atoms with Gasteiger partial charge in [-0.3, -0.25) is 4.79 Å². The minimum atomic E-state index is -0.282. The number of rotatable bonds is 6. The Morgan fingerprint density at radius 2 is 2.04 bits per heavy atom. The van der Waals surface area contributed by atoms with Crippen molar-refractivity contribution in [1.82, 2.24) is 9.88 Å². The summed E-state index contributed by atoms with van der Waals surface area (Å²) in [7, 11) is 0. The molecule has 0 saturated carbocycles. The number of para-hydroxylation sites is 1. The Kier molecular flexibility index (Phi) is 4.80. The maximum atomic E-state index is 13.7. The van der Waals surface area contributed by atoms with Gasteiger partial charge in [0.1, 0.15) is 11.3 Å². The number of carbonyl (C=O) groups is 1. The third-order valence-corrected chi connectivity index (χ3v) is 5.24. The molecule has 1 aliphatic heterocycles. The Morgan fingerprint density at radius 3 is 2.65 bits per heavy atom. The largest absolute Gasteiger partial charge is 0.346 e. The molecular weight excluding hydrogens is 313 g/mol. The van der Waals surface area contributed by atoms with Crippen LogP contribution in [-0.4, -0.2) is 42.0 Å². The normalized spacial score (nSPS) is 15.0. The van der Waals surface area contributed by atoms with E-state index in [0.29, 0.717) is 18.6 Å². The van der Waals surface area contributed by atoms with Crippen molar-refractivity contribution < 1.29 is 9.18 Å². The second-order valence-corrected chi connectivity index (χ2v) is 7.02. The second-order valence-electron chi connectivity index (χ2n) is 6.01. The summed E-state index contributed by atoms with van der Waals surface area (Å²) in [6.07, 6.45) is 1.97. The van der Waals surface area contributed by atoms with E-state index < -0.39 is 0 Å². The fraction of sp³-hybridized carbons (Fsp3) is 0.529. The Labute approximate surface area is 139 Å². The summed E-state index contributed by atoms with van der Waals surface area (Å²) in [6, 6.07) is 5.02. The van der Waals surface area contributed by atoms with Gasteiger partial charge in [-0.05, 0) is 25.0 Å². The molecule has 2 heterocycles. The van der Waals surface area contributed by atoms with Crippen LogP contribution in [0.1, 0.15) is 26.7 Å². The summed E-state index contributed by atoms with van der Waals surface area (Å²) in [4.78, 5) is 21.0. The molecule has 4 nitrogen and oxygen atoms in total. The number of anilines is 1. The molecular formula is C17H22FN3OS. The van der Waals surface area contributed by atoms with E-state index in [0.717, 1.165) is 35.8 Å². The van der Waals surface area contributed by atoms with E-state index in [1.165, 1.54) is 17.4 Å². The summed E-state index contributed by atoms with van der Waals surface area (Å²) in [5, 5.41) is 0.812. The number of benzene rings is 1. The average Bonchev–Trinajstić information content (AvgIpc) is 2.90. The predicted molar refractivity (Wildman–Crippen MR) is 92.4 cm³/mol. The highest BCUT2D eigenvalue weighted by Gasteiger charge is 2.36. The minimum Gasteiger partial charge on any atom is -0.346 e. The molecule has 1 aromatic heterocycles. The van der Waals surface area contributed by atoms with Gasteiger partial charge in [0.2, 0.25) is 5.91 Å². The summed E-state index contributed by atoms with van der Waals surface area (Å²) in [5.41, 5.74) is 0.431. The van der Waals surface area contributed by atoms with Crippen molar-refractivity contribution in [2.45, 2.75) is 26.7 Å². The van der Waals surface area contributed by atoms with E-state index in [9.17, 15) is 9.18 Å². The van der Waals surface area contributed by atoms with Gasteiger partial charge in [0.15, 0.2) is 5.13 Å². The van der Waals surface area contributed by atoms with Gasteiger partial charge < -0.3 is 9.80 Å². The van der Waals surface area contributed by atoms with Crippen LogP contribution in [0.25, 0.3) is 10.2 Å². The lowest BCUT2D eigenvalue weighted by molar-refractivity contribution is -0.136. The van der Waals surface area contributed by atoms with Crippen LogP contribution in [0.2, 0.25) is 0 Å². The highest BCUT2D eigenvalue weighted by Crippen LogP contribution is 2.34. The second kappa shape index (κ2) is 6.83. The maximum Gasteiger partial charge on any atom is 0.229 e. The van der Waals surface area contributed by atoms with Crippen molar-refractivity contribution in [3.05, 3.63) is 24.0 Å². The van der Waals surface area contributed by atoms with Crippen molar-refractivity contribution in [1.29, 1.82) is 0 Å². The Morgan fingerprint density at radius 1 is 1.35 bits per heavy atom. The number of carbonyl (C=O) groups excluding carboxylic acids is 1. The van der Waals surface area contributed by atoms with Crippen LogP contribution in [0.4, 0.5) is 9.52 Å². The molecule has 124 valence electrons. The van der Waals surface area contributed by atoms with Gasteiger partial charge >= 0.3 is 0 Å². The molecule has 6 heteroatoms. The molecule has 2 aromatic rings. The Balaban J connectivity index is 1.65. The van der Waals surface area contributed by atoms with Crippen molar-refractivity contribution in [2.24, 2.45) is 5.92 Å². The third-order valence-electron chi connectivity index (χ3n) is 4.16. The molecule has 1 aliphatic rings. The van der Waals surface area contributed by atoms with Crippen LogP contribution >= 0.6 is 11.3 Å². The molecule has 0 N–H and O–H groups in total. The van der Waals surface area contributed by atoms with Gasteiger partial charge in [0.05, 0.1) is 10.6 Å². The van der Waals surface area contributed by atoms with Gasteiger partial charge in [-0.1, -0.05) is 31.3 Å². The van der Waals surface area contributed by atoms with E-state index in [4.69, 9.17) is 0 Å². The van der Waals surface area contributed by atoms with Gasteiger partial charge in [-0.15, -0.1) is 0 Å². The lowest BCUT2D eigenvalue weighted by Crippen LogP contribution is -2.55. The number of nitrogens with zero attached hydrogens (tertiary/aromatic N) is 3. The van der Waals surface area contributed by atoms with Gasteiger partial charge in [-0.25, -0.2) is 9.37 Å². The molecule has 23 heavy (non-hydrogen) atoms. The smallest absolute Gasteiger partial charge is 0.229 e. The number of fused-ring (bicyclic) bond motifs is 1. The fourth-order valence-electron chi connectivity index (χ4n) is 2.96. The van der Waals surface area contributed by atoms with Crippen LogP contribution in [0, 0.1) is 11.7 Å². The highest BCUT2D eigenvalue weighted by molar-refractivity contribution is 7.22.